The topological polar surface area (TPSA) is 101 Å². The maximum absolute atomic E-state index is 13.4. The van der Waals surface area contributed by atoms with E-state index in [0.29, 0.717) is 0 Å². The fourth-order valence-corrected chi connectivity index (χ4v) is 3.87. The fourth-order valence-electron chi connectivity index (χ4n) is 3.15. The Balaban J connectivity index is 2.82. The highest BCUT2D eigenvalue weighted by molar-refractivity contribution is 14.1. The number of benzene rings is 1. The number of aliphatic hydroxyl groups is 2. The summed E-state index contributed by atoms with van der Waals surface area (Å²) in [6.07, 6.45) is -28.0. The van der Waals surface area contributed by atoms with Crippen molar-refractivity contribution in [3.63, 3.8) is 0 Å². The summed E-state index contributed by atoms with van der Waals surface area (Å²) in [5, 5.41) is 39.6. The van der Waals surface area contributed by atoms with Gasteiger partial charge in [-0.15, -0.1) is 0 Å². The first-order valence-electron chi connectivity index (χ1n) is 9.33. The van der Waals surface area contributed by atoms with Crippen LogP contribution in [0.1, 0.15) is 51.4 Å². The molecule has 18 heteroatoms. The van der Waals surface area contributed by atoms with Gasteiger partial charge in [-0.1, -0.05) is 22.6 Å². The van der Waals surface area contributed by atoms with E-state index in [2.05, 4.69) is 4.98 Å². The van der Waals surface area contributed by atoms with Gasteiger partial charge >= 0.3 is 24.7 Å². The molecule has 2 rings (SSSR count). The van der Waals surface area contributed by atoms with Crippen molar-refractivity contribution >= 4 is 22.6 Å². The van der Waals surface area contributed by atoms with Gasteiger partial charge in [-0.05, 0) is 35.4 Å². The molecule has 2 aromatic rings. The van der Waals surface area contributed by atoms with E-state index in [0.717, 1.165) is 34.7 Å². The number of pyridine rings is 1. The molecule has 2 N–H and O–H groups in total. The predicted octanol–water partition coefficient (Wildman–Crippen LogP) is 6.49. The van der Waals surface area contributed by atoms with Gasteiger partial charge in [0.2, 0.25) is 0 Å². The van der Waals surface area contributed by atoms with Gasteiger partial charge in [-0.25, -0.2) is 4.98 Å². The number of aliphatic hydroxyl groups excluding tert-OH is 2. The summed E-state index contributed by atoms with van der Waals surface area (Å²) in [5.74, 6) is 0. The summed E-state index contributed by atoms with van der Waals surface area (Å²) < 4.78 is 156. The summed E-state index contributed by atoms with van der Waals surface area (Å²) in [6, 6.07) is 1.24. The van der Waals surface area contributed by atoms with Crippen LogP contribution in [0.4, 0.5) is 52.7 Å². The first-order chi connectivity index (χ1) is 17.0. The molecule has 0 spiro atoms. The Morgan fingerprint density at radius 1 is 0.658 bits per heavy atom. The molecule has 0 aliphatic carbocycles. The average molecular weight is 677 g/mol. The van der Waals surface area contributed by atoms with Crippen molar-refractivity contribution in [2.45, 2.75) is 40.3 Å². The first-order valence-corrected chi connectivity index (χ1v) is 10.4. The third-order valence-electron chi connectivity index (χ3n) is 4.91. The van der Waals surface area contributed by atoms with Crippen molar-refractivity contribution in [1.82, 2.24) is 4.98 Å². The molecule has 0 radical (unpaired) electrons. The number of hydrogen-bond acceptors (Lipinski definition) is 5. The van der Waals surface area contributed by atoms with E-state index >= 15 is 0 Å². The van der Waals surface area contributed by atoms with Crippen LogP contribution in [0.25, 0.3) is 0 Å². The number of alkyl halides is 13. The minimum absolute atomic E-state index is 0.140. The summed E-state index contributed by atoms with van der Waals surface area (Å²) in [6.45, 7) is 0. The Kier molecular flexibility index (Phi) is 8.29. The van der Waals surface area contributed by atoms with Crippen LogP contribution in [-0.2, 0) is 24.7 Å². The lowest BCUT2D eigenvalue weighted by atomic mass is 9.85. The van der Waals surface area contributed by atoms with Gasteiger partial charge in [0.15, 0.2) is 3.42 Å². The minimum atomic E-state index is -5.62. The summed E-state index contributed by atoms with van der Waals surface area (Å²) in [4.78, 5) is 2.38. The Hall–Kier alpha value is -2.84. The van der Waals surface area contributed by atoms with Crippen molar-refractivity contribution in [2.24, 2.45) is 0 Å². The Morgan fingerprint density at radius 3 is 1.26 bits per heavy atom. The first kappa shape index (κ1) is 31.4. The van der Waals surface area contributed by atoms with E-state index in [1.165, 1.54) is 0 Å². The third-order valence-corrected chi connectivity index (χ3v) is 6.33. The minimum Gasteiger partial charge on any atom is -0.386 e. The highest BCUT2D eigenvalue weighted by Crippen LogP contribution is 2.48. The van der Waals surface area contributed by atoms with Crippen LogP contribution in [0.3, 0.4) is 0 Å². The molecular weight excluding hydrogens is 669 g/mol. The van der Waals surface area contributed by atoms with E-state index in [4.69, 9.17) is 5.26 Å². The number of halogens is 13. The molecule has 1 heterocycles. The number of aromatic nitrogens is 1. The largest absolute Gasteiger partial charge is 0.433 e. The lowest BCUT2D eigenvalue weighted by Gasteiger charge is -2.32. The Morgan fingerprint density at radius 2 is 1.00 bits per heavy atom. The molecular formula is C20H8F12IN3O2. The second-order valence-corrected chi connectivity index (χ2v) is 9.23. The molecule has 0 aliphatic heterocycles. The number of nitriles is 2. The van der Waals surface area contributed by atoms with Gasteiger partial charge in [-0.2, -0.15) is 63.2 Å². The van der Waals surface area contributed by atoms with E-state index in [-0.39, 0.29) is 24.3 Å². The molecule has 38 heavy (non-hydrogen) atoms. The molecule has 0 fully saturated rings. The molecule has 206 valence electrons. The molecule has 0 amide bonds. The zero-order chi connectivity index (χ0) is 29.6. The van der Waals surface area contributed by atoms with Crippen LogP contribution >= 0.6 is 22.6 Å². The van der Waals surface area contributed by atoms with Crippen molar-refractivity contribution < 1.29 is 62.9 Å². The van der Waals surface area contributed by atoms with Crippen LogP contribution < -0.4 is 0 Å². The number of hydrogen-bond donors (Lipinski definition) is 2. The summed E-state index contributed by atoms with van der Waals surface area (Å²) in [5.41, 5.74) is -13.4. The standard InChI is InChI=1S/C20H8F12IN3O2/c21-17(22,23)10-1-7(2-11(9(10)5-34)18(24,25)26)14(37)16(33,6-35)15(38)8-3-12(19(27,28)29)36-13(4-8)20(30,31)32/h1-4,14-15,37-38H. The third kappa shape index (κ3) is 6.24. The van der Waals surface area contributed by atoms with Gasteiger partial charge < -0.3 is 10.2 Å². The quantitative estimate of drug-likeness (QED) is 0.219. The highest BCUT2D eigenvalue weighted by atomic mass is 127. The van der Waals surface area contributed by atoms with Gasteiger partial charge in [0, 0.05) is 0 Å². The number of rotatable bonds is 4. The molecule has 3 unspecified atom stereocenters. The fraction of sp³-hybridized carbons (Fsp3) is 0.350. The van der Waals surface area contributed by atoms with Crippen molar-refractivity contribution in [1.29, 1.82) is 10.5 Å². The normalized spacial score (nSPS) is 16.2. The van der Waals surface area contributed by atoms with Gasteiger partial charge in [0.25, 0.3) is 0 Å². The summed E-state index contributed by atoms with van der Waals surface area (Å²) >= 11 is 0.775. The van der Waals surface area contributed by atoms with E-state index in [1.807, 2.05) is 0 Å². The monoisotopic (exact) mass is 677 g/mol. The van der Waals surface area contributed by atoms with Gasteiger partial charge in [-0.3, -0.25) is 0 Å². The lowest BCUT2D eigenvalue weighted by Crippen LogP contribution is -2.36. The van der Waals surface area contributed by atoms with Gasteiger partial charge in [0.05, 0.1) is 22.8 Å². The van der Waals surface area contributed by atoms with Crippen molar-refractivity contribution in [3.8, 4) is 12.1 Å². The van der Waals surface area contributed by atoms with E-state index < -0.39 is 79.5 Å². The molecule has 0 saturated carbocycles. The molecule has 5 nitrogen and oxygen atoms in total. The SMILES string of the molecule is N#Cc1c(C(F)(F)F)cc(C(O)C(I)(C#N)C(O)c2cc(C(F)(F)F)nc(C(F)(F)F)c2)cc1C(F)(F)F. The zero-order valence-electron chi connectivity index (χ0n) is 17.6. The van der Waals surface area contributed by atoms with Crippen LogP contribution in [0.15, 0.2) is 24.3 Å². The lowest BCUT2D eigenvalue weighted by molar-refractivity contribution is -0.150. The van der Waals surface area contributed by atoms with Crippen LogP contribution in [-0.4, -0.2) is 18.6 Å². The molecule has 3 atom stereocenters. The van der Waals surface area contributed by atoms with Crippen molar-refractivity contribution in [2.75, 3.05) is 0 Å². The van der Waals surface area contributed by atoms with Crippen molar-refractivity contribution in [3.05, 3.63) is 63.5 Å². The summed E-state index contributed by atoms with van der Waals surface area (Å²) in [7, 11) is 0. The average Bonchev–Trinajstić information content (AvgIpc) is 2.79. The smallest absolute Gasteiger partial charge is 0.386 e. The molecule has 1 aromatic carbocycles. The molecule has 0 saturated heterocycles. The van der Waals surface area contributed by atoms with E-state index in [1.54, 1.807) is 0 Å². The second kappa shape index (κ2) is 10.0. The van der Waals surface area contributed by atoms with E-state index in [9.17, 15) is 68.2 Å². The molecule has 1 aromatic heterocycles. The Labute approximate surface area is 217 Å². The zero-order valence-corrected chi connectivity index (χ0v) is 19.8. The molecule has 0 aliphatic rings. The van der Waals surface area contributed by atoms with Gasteiger partial charge in [0.1, 0.15) is 29.7 Å². The second-order valence-electron chi connectivity index (χ2n) is 7.45. The maximum atomic E-state index is 13.4. The van der Waals surface area contributed by atoms with Crippen LogP contribution in [0, 0.1) is 22.7 Å². The Bertz CT molecular complexity index is 1240. The molecule has 0 bridgehead atoms. The van der Waals surface area contributed by atoms with Crippen LogP contribution in [0.5, 0.6) is 0 Å². The highest BCUT2D eigenvalue weighted by Gasteiger charge is 2.49. The maximum Gasteiger partial charge on any atom is 0.433 e. The predicted molar refractivity (Wildman–Crippen MR) is 108 cm³/mol. The van der Waals surface area contributed by atoms with Crippen LogP contribution in [0.2, 0.25) is 0 Å². The number of nitrogens with zero attached hydrogens (tertiary/aromatic N) is 3.